The summed E-state index contributed by atoms with van der Waals surface area (Å²) >= 11 is 0. The fourth-order valence-electron chi connectivity index (χ4n) is 3.29. The fraction of sp³-hybridized carbons (Fsp3) is 0. The molecule has 3 aromatic heterocycles. The average Bonchev–Trinajstić information content (AvgIpc) is 3.07. The number of pyridine rings is 2. The molecule has 0 saturated carbocycles. The van der Waals surface area contributed by atoms with Crippen molar-refractivity contribution in [1.29, 1.82) is 0 Å². The topological polar surface area (TPSA) is 38.9 Å². The highest BCUT2D eigenvalue weighted by Crippen LogP contribution is 2.37. The van der Waals surface area contributed by atoms with Crippen LogP contribution in [0.1, 0.15) is 0 Å². The van der Waals surface area contributed by atoms with Crippen molar-refractivity contribution < 1.29 is 4.42 Å². The summed E-state index contributed by atoms with van der Waals surface area (Å²) in [4.78, 5) is 9.01. The van der Waals surface area contributed by atoms with Gasteiger partial charge in [-0.25, -0.2) is 4.98 Å². The molecule has 25 heavy (non-hydrogen) atoms. The van der Waals surface area contributed by atoms with Crippen molar-refractivity contribution in [3.05, 3.63) is 85.2 Å². The van der Waals surface area contributed by atoms with Crippen LogP contribution in [-0.2, 0) is 0 Å². The maximum atomic E-state index is 6.08. The summed E-state index contributed by atoms with van der Waals surface area (Å²) in [5.41, 5.74) is 5.60. The molecule has 0 fully saturated rings. The van der Waals surface area contributed by atoms with E-state index in [0.29, 0.717) is 5.71 Å². The summed E-state index contributed by atoms with van der Waals surface area (Å²) < 4.78 is 6.08. The zero-order valence-electron chi connectivity index (χ0n) is 13.4. The second kappa shape index (κ2) is 5.56. The van der Waals surface area contributed by atoms with E-state index >= 15 is 0 Å². The number of hydrogen-bond acceptors (Lipinski definition) is 3. The first-order valence-corrected chi connectivity index (χ1v) is 8.19. The SMILES string of the molecule is c1ccc(-c2cccnc2-c2cccc3c2oc2ncccc23)cc1. The first kappa shape index (κ1) is 13.9. The molecule has 3 heteroatoms. The molecule has 0 unspecified atom stereocenters. The van der Waals surface area contributed by atoms with Crippen LogP contribution in [0.3, 0.4) is 0 Å². The molecule has 3 heterocycles. The minimum atomic E-state index is 0.655. The van der Waals surface area contributed by atoms with Crippen LogP contribution in [0.4, 0.5) is 0 Å². The third-order valence-corrected chi connectivity index (χ3v) is 4.42. The third kappa shape index (κ3) is 2.21. The first-order valence-electron chi connectivity index (χ1n) is 8.19. The fourth-order valence-corrected chi connectivity index (χ4v) is 3.29. The normalized spacial score (nSPS) is 11.2. The molecule has 0 aliphatic rings. The van der Waals surface area contributed by atoms with Gasteiger partial charge in [-0.3, -0.25) is 4.98 Å². The van der Waals surface area contributed by atoms with E-state index < -0.39 is 0 Å². The molecule has 0 radical (unpaired) electrons. The highest BCUT2D eigenvalue weighted by Gasteiger charge is 2.16. The Labute approximate surface area is 144 Å². The van der Waals surface area contributed by atoms with Gasteiger partial charge in [0.15, 0.2) is 0 Å². The molecule has 3 nitrogen and oxygen atoms in total. The Morgan fingerprint density at radius 1 is 0.600 bits per heavy atom. The second-order valence-electron chi connectivity index (χ2n) is 5.91. The molecule has 0 aliphatic heterocycles. The van der Waals surface area contributed by atoms with Crippen molar-refractivity contribution in [1.82, 2.24) is 9.97 Å². The molecule has 0 bridgehead atoms. The molecule has 0 amide bonds. The number of nitrogens with zero attached hydrogens (tertiary/aromatic N) is 2. The van der Waals surface area contributed by atoms with Crippen molar-refractivity contribution in [3.63, 3.8) is 0 Å². The van der Waals surface area contributed by atoms with Crippen molar-refractivity contribution in [3.8, 4) is 22.4 Å². The van der Waals surface area contributed by atoms with Gasteiger partial charge in [-0.1, -0.05) is 48.5 Å². The van der Waals surface area contributed by atoms with Crippen molar-refractivity contribution in [2.24, 2.45) is 0 Å². The lowest BCUT2D eigenvalue weighted by molar-refractivity contribution is 0.655. The maximum Gasteiger partial charge on any atom is 0.227 e. The highest BCUT2D eigenvalue weighted by molar-refractivity contribution is 6.09. The maximum absolute atomic E-state index is 6.08. The molecule has 118 valence electrons. The Bertz CT molecular complexity index is 1190. The molecule has 0 aliphatic carbocycles. The smallest absolute Gasteiger partial charge is 0.227 e. The standard InChI is InChI=1S/C22H14N2O/c1-2-7-15(8-3-1)16-11-5-13-23-20(16)19-10-4-9-17-18-12-6-14-24-22(18)25-21(17)19/h1-14H. The summed E-state index contributed by atoms with van der Waals surface area (Å²) in [7, 11) is 0. The molecular weight excluding hydrogens is 308 g/mol. The predicted molar refractivity (Wildman–Crippen MR) is 100 cm³/mol. The minimum absolute atomic E-state index is 0.655. The Balaban J connectivity index is 1.83. The van der Waals surface area contributed by atoms with Crippen LogP contribution < -0.4 is 0 Å². The summed E-state index contributed by atoms with van der Waals surface area (Å²) in [6.45, 7) is 0. The summed E-state index contributed by atoms with van der Waals surface area (Å²) in [6.07, 6.45) is 3.57. The Morgan fingerprint density at radius 3 is 2.28 bits per heavy atom. The quantitative estimate of drug-likeness (QED) is 0.418. The van der Waals surface area contributed by atoms with Crippen LogP contribution in [0.25, 0.3) is 44.5 Å². The molecule has 2 aromatic carbocycles. The van der Waals surface area contributed by atoms with E-state index in [9.17, 15) is 0 Å². The lowest BCUT2D eigenvalue weighted by Crippen LogP contribution is -1.89. The monoisotopic (exact) mass is 322 g/mol. The van der Waals surface area contributed by atoms with Gasteiger partial charge < -0.3 is 4.42 Å². The summed E-state index contributed by atoms with van der Waals surface area (Å²) in [5.74, 6) is 0. The van der Waals surface area contributed by atoms with Crippen molar-refractivity contribution >= 4 is 22.1 Å². The lowest BCUT2D eigenvalue weighted by atomic mass is 9.98. The molecule has 5 aromatic rings. The number of rotatable bonds is 2. The van der Waals surface area contributed by atoms with Crippen molar-refractivity contribution in [2.45, 2.75) is 0 Å². The van der Waals surface area contributed by atoms with E-state index in [4.69, 9.17) is 4.42 Å². The van der Waals surface area contributed by atoms with Gasteiger partial charge in [0.25, 0.3) is 0 Å². The Kier molecular flexibility index (Phi) is 3.10. The van der Waals surface area contributed by atoms with Gasteiger partial charge in [0, 0.05) is 34.3 Å². The van der Waals surface area contributed by atoms with E-state index in [0.717, 1.165) is 38.7 Å². The number of benzene rings is 2. The second-order valence-corrected chi connectivity index (χ2v) is 5.91. The minimum Gasteiger partial charge on any atom is -0.437 e. The molecule has 0 saturated heterocycles. The average molecular weight is 322 g/mol. The van der Waals surface area contributed by atoms with Crippen LogP contribution in [0.2, 0.25) is 0 Å². The molecule has 0 spiro atoms. The van der Waals surface area contributed by atoms with Crippen LogP contribution >= 0.6 is 0 Å². The summed E-state index contributed by atoms with van der Waals surface area (Å²) in [5, 5.41) is 2.09. The lowest BCUT2D eigenvalue weighted by Gasteiger charge is -2.09. The van der Waals surface area contributed by atoms with Gasteiger partial charge in [0.05, 0.1) is 5.69 Å². The number of para-hydroxylation sites is 1. The van der Waals surface area contributed by atoms with Crippen LogP contribution in [0.5, 0.6) is 0 Å². The molecule has 0 atom stereocenters. The van der Waals surface area contributed by atoms with Gasteiger partial charge >= 0.3 is 0 Å². The van der Waals surface area contributed by atoms with E-state index in [1.807, 2.05) is 48.7 Å². The number of aromatic nitrogens is 2. The van der Waals surface area contributed by atoms with Gasteiger partial charge in [0.1, 0.15) is 5.58 Å². The summed E-state index contributed by atoms with van der Waals surface area (Å²) in [6, 6.07) is 24.5. The zero-order chi connectivity index (χ0) is 16.6. The number of furan rings is 1. The van der Waals surface area contributed by atoms with E-state index in [1.165, 1.54) is 0 Å². The predicted octanol–water partition coefficient (Wildman–Crippen LogP) is 5.71. The number of fused-ring (bicyclic) bond motifs is 3. The number of hydrogen-bond donors (Lipinski definition) is 0. The molecular formula is C22H14N2O. The van der Waals surface area contributed by atoms with E-state index in [-0.39, 0.29) is 0 Å². The van der Waals surface area contributed by atoms with E-state index in [1.54, 1.807) is 6.20 Å². The van der Waals surface area contributed by atoms with Gasteiger partial charge in [-0.2, -0.15) is 0 Å². The highest BCUT2D eigenvalue weighted by atomic mass is 16.3. The Morgan fingerprint density at radius 2 is 1.36 bits per heavy atom. The first-order chi connectivity index (χ1) is 12.4. The van der Waals surface area contributed by atoms with Crippen molar-refractivity contribution in [2.75, 3.05) is 0 Å². The van der Waals surface area contributed by atoms with Gasteiger partial charge in [-0.05, 0) is 29.8 Å². The van der Waals surface area contributed by atoms with Crippen LogP contribution in [0, 0.1) is 0 Å². The largest absolute Gasteiger partial charge is 0.437 e. The third-order valence-electron chi connectivity index (χ3n) is 4.42. The molecule has 5 rings (SSSR count). The van der Waals surface area contributed by atoms with Gasteiger partial charge in [0.2, 0.25) is 5.71 Å². The molecule has 0 N–H and O–H groups in total. The van der Waals surface area contributed by atoms with Crippen LogP contribution in [0.15, 0.2) is 89.6 Å². The van der Waals surface area contributed by atoms with Crippen LogP contribution in [-0.4, -0.2) is 9.97 Å². The zero-order valence-corrected chi connectivity index (χ0v) is 13.4. The Hall–Kier alpha value is -3.46. The van der Waals surface area contributed by atoms with E-state index in [2.05, 4.69) is 40.3 Å². The van der Waals surface area contributed by atoms with Gasteiger partial charge in [-0.15, -0.1) is 0 Å².